The summed E-state index contributed by atoms with van der Waals surface area (Å²) in [4.78, 5) is 2.15. The van der Waals surface area contributed by atoms with Crippen LogP contribution in [0.5, 0.6) is 0 Å². The first kappa shape index (κ1) is 16.1. The van der Waals surface area contributed by atoms with E-state index in [9.17, 15) is 13.5 Å². The van der Waals surface area contributed by atoms with Crippen LogP contribution in [0.3, 0.4) is 0 Å². The molecule has 1 aromatic carbocycles. The summed E-state index contributed by atoms with van der Waals surface area (Å²) in [5.74, 6) is 0.246. The molecular formula is C14H23N3O3S. The molecule has 21 heavy (non-hydrogen) atoms. The average molecular weight is 313 g/mol. The van der Waals surface area contributed by atoms with Crippen molar-refractivity contribution < 1.29 is 13.5 Å². The van der Waals surface area contributed by atoms with Crippen LogP contribution in [0.1, 0.15) is 20.3 Å². The highest BCUT2D eigenvalue weighted by molar-refractivity contribution is 7.89. The molecule has 4 N–H and O–H groups in total. The zero-order chi connectivity index (χ0) is 15.6. The van der Waals surface area contributed by atoms with E-state index in [2.05, 4.69) is 4.72 Å². The van der Waals surface area contributed by atoms with E-state index in [4.69, 9.17) is 5.73 Å². The van der Waals surface area contributed by atoms with Crippen molar-refractivity contribution in [3.05, 3.63) is 18.2 Å². The molecule has 7 heteroatoms. The summed E-state index contributed by atoms with van der Waals surface area (Å²) in [6, 6.07) is 4.68. The van der Waals surface area contributed by atoms with Crippen molar-refractivity contribution in [1.82, 2.24) is 4.72 Å². The Morgan fingerprint density at radius 1 is 1.48 bits per heavy atom. The van der Waals surface area contributed by atoms with Crippen LogP contribution >= 0.6 is 0 Å². The van der Waals surface area contributed by atoms with Gasteiger partial charge in [-0.05, 0) is 30.5 Å². The van der Waals surface area contributed by atoms with E-state index in [0.717, 1.165) is 13.0 Å². The maximum atomic E-state index is 12.1. The molecule has 6 nitrogen and oxygen atoms in total. The molecule has 1 fully saturated rings. The smallest absolute Gasteiger partial charge is 0.240 e. The highest BCUT2D eigenvalue weighted by atomic mass is 32.2. The van der Waals surface area contributed by atoms with Crippen molar-refractivity contribution >= 4 is 21.4 Å². The van der Waals surface area contributed by atoms with Gasteiger partial charge >= 0.3 is 0 Å². The maximum absolute atomic E-state index is 12.1. The Morgan fingerprint density at radius 3 is 2.81 bits per heavy atom. The lowest BCUT2D eigenvalue weighted by Gasteiger charge is -2.36. The van der Waals surface area contributed by atoms with Crippen LogP contribution in [-0.2, 0) is 10.0 Å². The minimum atomic E-state index is -3.51. The molecule has 1 aliphatic heterocycles. The fraction of sp³-hybridized carbons (Fsp3) is 0.571. The lowest BCUT2D eigenvalue weighted by Crippen LogP contribution is -2.43. The molecule has 0 radical (unpaired) electrons. The predicted molar refractivity (Wildman–Crippen MR) is 83.7 cm³/mol. The highest BCUT2D eigenvalue weighted by Crippen LogP contribution is 2.30. The Morgan fingerprint density at radius 2 is 2.19 bits per heavy atom. The van der Waals surface area contributed by atoms with Crippen LogP contribution in [0.15, 0.2) is 23.1 Å². The summed E-state index contributed by atoms with van der Waals surface area (Å²) in [5, 5.41) is 10.0. The van der Waals surface area contributed by atoms with Gasteiger partial charge in [-0.25, -0.2) is 13.1 Å². The number of hydrogen-bond donors (Lipinski definition) is 3. The molecule has 1 aliphatic rings. The average Bonchev–Trinajstić information content (AvgIpc) is 2.42. The summed E-state index contributed by atoms with van der Waals surface area (Å²) < 4.78 is 26.6. The summed E-state index contributed by atoms with van der Waals surface area (Å²) in [6.07, 6.45) is 0.428. The molecule has 1 heterocycles. The number of rotatable bonds is 4. The van der Waals surface area contributed by atoms with Gasteiger partial charge in [0.05, 0.1) is 22.4 Å². The number of aliphatic hydroxyl groups excluding tert-OH is 1. The predicted octanol–water partition coefficient (Wildman–Crippen LogP) is 0.774. The van der Waals surface area contributed by atoms with E-state index in [1.807, 2.05) is 11.8 Å². The molecule has 0 aliphatic carbocycles. The van der Waals surface area contributed by atoms with Crippen molar-refractivity contribution in [2.45, 2.75) is 31.3 Å². The van der Waals surface area contributed by atoms with Crippen molar-refractivity contribution in [2.24, 2.45) is 5.92 Å². The Kier molecular flexibility index (Phi) is 4.75. The van der Waals surface area contributed by atoms with Gasteiger partial charge in [0.15, 0.2) is 0 Å². The van der Waals surface area contributed by atoms with E-state index >= 15 is 0 Å². The maximum Gasteiger partial charge on any atom is 0.240 e. The molecule has 2 unspecified atom stereocenters. The largest absolute Gasteiger partial charge is 0.397 e. The number of aliphatic hydroxyl groups is 1. The monoisotopic (exact) mass is 313 g/mol. The number of sulfonamides is 1. The van der Waals surface area contributed by atoms with Gasteiger partial charge in [-0.15, -0.1) is 0 Å². The topological polar surface area (TPSA) is 95.7 Å². The van der Waals surface area contributed by atoms with E-state index in [-0.39, 0.29) is 10.8 Å². The molecular weight excluding hydrogens is 290 g/mol. The van der Waals surface area contributed by atoms with Gasteiger partial charge in [0, 0.05) is 19.6 Å². The molecule has 1 aromatic rings. The first-order valence-corrected chi connectivity index (χ1v) is 8.65. The SMILES string of the molecule is CCNS(=O)(=O)c1ccc(N)c(N2CCC(C)C(O)C2)c1. The number of nitrogens with zero attached hydrogens (tertiary/aromatic N) is 1. The summed E-state index contributed by atoms with van der Waals surface area (Å²) >= 11 is 0. The second kappa shape index (κ2) is 6.21. The third kappa shape index (κ3) is 3.48. The third-order valence-electron chi connectivity index (χ3n) is 3.91. The highest BCUT2D eigenvalue weighted by Gasteiger charge is 2.26. The van der Waals surface area contributed by atoms with Gasteiger partial charge in [0.25, 0.3) is 0 Å². The minimum Gasteiger partial charge on any atom is -0.397 e. The second-order valence-corrected chi connectivity index (χ2v) is 7.27. The van der Waals surface area contributed by atoms with Gasteiger partial charge in [-0.2, -0.15) is 0 Å². The molecule has 0 bridgehead atoms. The van der Waals surface area contributed by atoms with Crippen molar-refractivity contribution in [3.8, 4) is 0 Å². The number of hydrogen-bond acceptors (Lipinski definition) is 5. The van der Waals surface area contributed by atoms with Crippen LogP contribution in [-0.4, -0.2) is 39.3 Å². The molecule has 0 aromatic heterocycles. The number of piperidine rings is 1. The standard InChI is InChI=1S/C14H23N3O3S/c1-3-16-21(19,20)11-4-5-12(15)13(8-11)17-7-6-10(2)14(18)9-17/h4-5,8,10,14,16,18H,3,6-7,9,15H2,1-2H3. The Balaban J connectivity index is 2.32. The van der Waals surface area contributed by atoms with Gasteiger partial charge < -0.3 is 15.7 Å². The molecule has 0 spiro atoms. The summed E-state index contributed by atoms with van der Waals surface area (Å²) in [5.41, 5.74) is 7.17. The van der Waals surface area contributed by atoms with E-state index in [0.29, 0.717) is 24.5 Å². The molecule has 2 atom stereocenters. The molecule has 2 rings (SSSR count). The Bertz CT molecular complexity index is 603. The van der Waals surface area contributed by atoms with Crippen LogP contribution in [0.4, 0.5) is 11.4 Å². The van der Waals surface area contributed by atoms with Gasteiger partial charge in [-0.1, -0.05) is 13.8 Å². The number of β-amino-alcohol motifs (C(OH)–C–C–N with tert-alkyl or cyclic N) is 1. The zero-order valence-electron chi connectivity index (χ0n) is 12.4. The summed E-state index contributed by atoms with van der Waals surface area (Å²) in [7, 11) is -3.51. The fourth-order valence-corrected chi connectivity index (χ4v) is 3.57. The lowest BCUT2D eigenvalue weighted by molar-refractivity contribution is 0.103. The first-order valence-electron chi connectivity index (χ1n) is 7.17. The van der Waals surface area contributed by atoms with Crippen LogP contribution in [0, 0.1) is 5.92 Å². The molecule has 1 saturated heterocycles. The molecule has 0 saturated carbocycles. The van der Waals surface area contributed by atoms with Gasteiger partial charge in [-0.3, -0.25) is 0 Å². The first-order chi connectivity index (χ1) is 9.85. The van der Waals surface area contributed by atoms with Crippen molar-refractivity contribution in [2.75, 3.05) is 30.3 Å². The normalized spacial score (nSPS) is 23.3. The number of benzene rings is 1. The number of nitrogens with two attached hydrogens (primary N) is 1. The van der Waals surface area contributed by atoms with Crippen LogP contribution in [0.2, 0.25) is 0 Å². The third-order valence-corrected chi connectivity index (χ3v) is 5.45. The molecule has 118 valence electrons. The van der Waals surface area contributed by atoms with Crippen molar-refractivity contribution in [1.29, 1.82) is 0 Å². The van der Waals surface area contributed by atoms with Crippen molar-refractivity contribution in [3.63, 3.8) is 0 Å². The van der Waals surface area contributed by atoms with Crippen LogP contribution in [0.25, 0.3) is 0 Å². The van der Waals surface area contributed by atoms with E-state index in [1.165, 1.54) is 6.07 Å². The Hall–Kier alpha value is -1.31. The van der Waals surface area contributed by atoms with Gasteiger partial charge in [0.1, 0.15) is 0 Å². The van der Waals surface area contributed by atoms with Gasteiger partial charge in [0.2, 0.25) is 10.0 Å². The summed E-state index contributed by atoms with van der Waals surface area (Å²) in [6.45, 7) is 5.31. The Labute approximate surface area is 126 Å². The lowest BCUT2D eigenvalue weighted by atomic mass is 9.95. The zero-order valence-corrected chi connectivity index (χ0v) is 13.2. The van der Waals surface area contributed by atoms with E-state index < -0.39 is 16.1 Å². The van der Waals surface area contributed by atoms with Crippen LogP contribution < -0.4 is 15.4 Å². The second-order valence-electron chi connectivity index (χ2n) is 5.50. The van der Waals surface area contributed by atoms with E-state index in [1.54, 1.807) is 19.1 Å². The number of nitrogen functional groups attached to an aromatic ring is 1. The fourth-order valence-electron chi connectivity index (χ4n) is 2.51. The quantitative estimate of drug-likeness (QED) is 0.714. The number of nitrogens with one attached hydrogen (secondary N) is 1. The molecule has 0 amide bonds. The number of anilines is 2. The minimum absolute atomic E-state index is 0.196.